The van der Waals surface area contributed by atoms with E-state index in [2.05, 4.69) is 10.2 Å². The molecule has 2 heterocycles. The van der Waals surface area contributed by atoms with E-state index in [-0.39, 0.29) is 12.1 Å². The third-order valence-corrected chi connectivity index (χ3v) is 4.49. The predicted octanol–water partition coefficient (Wildman–Crippen LogP) is 3.52. The average molecular weight is 357 g/mol. The lowest BCUT2D eigenvalue weighted by atomic mass is 10.1. The van der Waals surface area contributed by atoms with Gasteiger partial charge in [0.05, 0.1) is 12.4 Å². The highest BCUT2D eigenvalue weighted by atomic mass is 16.5. The van der Waals surface area contributed by atoms with Crippen molar-refractivity contribution in [2.45, 2.75) is 18.9 Å². The van der Waals surface area contributed by atoms with Gasteiger partial charge < -0.3 is 24.3 Å². The number of ether oxygens (including phenoxy) is 1. The largest absolute Gasteiger partial charge is 0.464 e. The van der Waals surface area contributed by atoms with Crippen molar-refractivity contribution in [3.05, 3.63) is 42.7 Å². The standard InChI is InChI=1S/C20H27N3O3/c1-22(2)11-12-23(15-18-5-3-13-25-18)20(24)21-17-9-7-16(8-10-17)19-6-4-14-26-19/h4,6-10,14,18H,3,5,11-13,15H2,1-2H3,(H,21,24). The predicted molar refractivity (Wildman–Crippen MR) is 102 cm³/mol. The summed E-state index contributed by atoms with van der Waals surface area (Å²) in [4.78, 5) is 16.7. The van der Waals surface area contributed by atoms with Crippen molar-refractivity contribution in [1.82, 2.24) is 9.80 Å². The van der Waals surface area contributed by atoms with E-state index in [1.165, 1.54) is 0 Å². The maximum atomic E-state index is 12.7. The van der Waals surface area contributed by atoms with Crippen molar-refractivity contribution < 1.29 is 13.9 Å². The Morgan fingerprint density at radius 1 is 1.19 bits per heavy atom. The van der Waals surface area contributed by atoms with Crippen LogP contribution >= 0.6 is 0 Å². The summed E-state index contributed by atoms with van der Waals surface area (Å²) in [6.45, 7) is 2.91. The first-order valence-electron chi connectivity index (χ1n) is 9.08. The lowest BCUT2D eigenvalue weighted by molar-refractivity contribution is 0.0820. The number of nitrogens with one attached hydrogen (secondary N) is 1. The molecule has 0 saturated carbocycles. The zero-order chi connectivity index (χ0) is 18.4. The number of benzene rings is 1. The fourth-order valence-corrected chi connectivity index (χ4v) is 2.99. The van der Waals surface area contributed by atoms with Gasteiger partial charge in [-0.25, -0.2) is 4.79 Å². The van der Waals surface area contributed by atoms with Crippen molar-refractivity contribution in [3.8, 4) is 11.3 Å². The summed E-state index contributed by atoms with van der Waals surface area (Å²) in [5.41, 5.74) is 1.75. The van der Waals surface area contributed by atoms with Crippen molar-refractivity contribution >= 4 is 11.7 Å². The van der Waals surface area contributed by atoms with Crippen LogP contribution in [0.25, 0.3) is 11.3 Å². The quantitative estimate of drug-likeness (QED) is 0.824. The molecule has 1 saturated heterocycles. The first-order valence-corrected chi connectivity index (χ1v) is 9.08. The van der Waals surface area contributed by atoms with Crippen LogP contribution in [0.3, 0.4) is 0 Å². The molecule has 0 spiro atoms. The SMILES string of the molecule is CN(C)CCN(CC1CCCO1)C(=O)Nc1ccc(-c2ccco2)cc1. The van der Waals surface area contributed by atoms with Gasteiger partial charge in [0.2, 0.25) is 0 Å². The summed E-state index contributed by atoms with van der Waals surface area (Å²) >= 11 is 0. The van der Waals surface area contributed by atoms with Gasteiger partial charge in [-0.05, 0) is 63.3 Å². The lowest BCUT2D eigenvalue weighted by Gasteiger charge is -2.27. The Hall–Kier alpha value is -2.31. The molecule has 3 rings (SSSR count). The molecule has 2 aromatic rings. The van der Waals surface area contributed by atoms with E-state index < -0.39 is 0 Å². The maximum absolute atomic E-state index is 12.7. The molecule has 6 nitrogen and oxygen atoms in total. The molecule has 1 atom stereocenters. The van der Waals surface area contributed by atoms with Gasteiger partial charge in [-0.2, -0.15) is 0 Å². The number of anilines is 1. The highest BCUT2D eigenvalue weighted by Crippen LogP contribution is 2.22. The summed E-state index contributed by atoms with van der Waals surface area (Å²) < 4.78 is 11.1. The molecule has 2 amide bonds. The Kier molecular flexibility index (Phi) is 6.30. The molecule has 0 radical (unpaired) electrons. The van der Waals surface area contributed by atoms with Gasteiger partial charge in [-0.15, -0.1) is 0 Å². The number of hydrogen-bond donors (Lipinski definition) is 1. The minimum Gasteiger partial charge on any atom is -0.464 e. The highest BCUT2D eigenvalue weighted by molar-refractivity contribution is 5.89. The molecule has 6 heteroatoms. The fraction of sp³-hybridized carbons (Fsp3) is 0.450. The third kappa shape index (κ3) is 5.09. The van der Waals surface area contributed by atoms with Gasteiger partial charge in [0, 0.05) is 37.5 Å². The van der Waals surface area contributed by atoms with E-state index in [0.717, 1.165) is 43.0 Å². The number of urea groups is 1. The van der Waals surface area contributed by atoms with Gasteiger partial charge in [0.25, 0.3) is 0 Å². The van der Waals surface area contributed by atoms with Crippen molar-refractivity contribution in [3.63, 3.8) is 0 Å². The molecule has 26 heavy (non-hydrogen) atoms. The van der Waals surface area contributed by atoms with E-state index in [1.807, 2.05) is 55.4 Å². The van der Waals surface area contributed by atoms with E-state index in [0.29, 0.717) is 13.1 Å². The second-order valence-corrected chi connectivity index (χ2v) is 6.87. The van der Waals surface area contributed by atoms with Gasteiger partial charge in [0.1, 0.15) is 5.76 Å². The normalized spacial score (nSPS) is 16.8. The molecule has 1 unspecified atom stereocenters. The van der Waals surface area contributed by atoms with Crippen molar-refractivity contribution in [2.24, 2.45) is 0 Å². The van der Waals surface area contributed by atoms with Crippen LogP contribution in [-0.4, -0.2) is 62.3 Å². The van der Waals surface area contributed by atoms with E-state index in [1.54, 1.807) is 6.26 Å². The molecular weight excluding hydrogens is 330 g/mol. The number of carbonyl (C=O) groups is 1. The van der Waals surface area contributed by atoms with Crippen LogP contribution in [0.5, 0.6) is 0 Å². The number of rotatable bonds is 7. The molecule has 1 N–H and O–H groups in total. The summed E-state index contributed by atoms with van der Waals surface area (Å²) in [7, 11) is 4.02. The number of amides is 2. The molecule has 1 aliphatic rings. The maximum Gasteiger partial charge on any atom is 0.321 e. The van der Waals surface area contributed by atoms with Crippen LogP contribution < -0.4 is 5.32 Å². The summed E-state index contributed by atoms with van der Waals surface area (Å²) in [6, 6.07) is 11.4. The summed E-state index contributed by atoms with van der Waals surface area (Å²) in [5.74, 6) is 0.814. The summed E-state index contributed by atoms with van der Waals surface area (Å²) in [5, 5.41) is 2.99. The van der Waals surface area contributed by atoms with Gasteiger partial charge in [-0.3, -0.25) is 0 Å². The minimum absolute atomic E-state index is 0.0897. The van der Waals surface area contributed by atoms with Crippen LogP contribution in [0, 0.1) is 0 Å². The Balaban J connectivity index is 1.61. The molecule has 1 aliphatic heterocycles. The Morgan fingerprint density at radius 3 is 2.62 bits per heavy atom. The Morgan fingerprint density at radius 2 is 2.00 bits per heavy atom. The Bertz CT molecular complexity index is 677. The zero-order valence-corrected chi connectivity index (χ0v) is 15.5. The minimum atomic E-state index is -0.0897. The van der Waals surface area contributed by atoms with Crippen LogP contribution in [-0.2, 0) is 4.74 Å². The van der Waals surface area contributed by atoms with Crippen LogP contribution in [0.4, 0.5) is 10.5 Å². The second-order valence-electron chi connectivity index (χ2n) is 6.87. The van der Waals surface area contributed by atoms with E-state index in [4.69, 9.17) is 9.15 Å². The van der Waals surface area contributed by atoms with Crippen LogP contribution in [0.2, 0.25) is 0 Å². The van der Waals surface area contributed by atoms with E-state index >= 15 is 0 Å². The van der Waals surface area contributed by atoms with E-state index in [9.17, 15) is 4.79 Å². The fourth-order valence-electron chi connectivity index (χ4n) is 2.99. The molecule has 0 aliphatic carbocycles. The Labute approximate surface area is 154 Å². The molecule has 140 valence electrons. The molecule has 1 aromatic heterocycles. The number of furan rings is 1. The number of hydrogen-bond acceptors (Lipinski definition) is 4. The van der Waals surface area contributed by atoms with Crippen LogP contribution in [0.15, 0.2) is 47.1 Å². The van der Waals surface area contributed by atoms with Gasteiger partial charge in [0.15, 0.2) is 0 Å². The topological polar surface area (TPSA) is 58.0 Å². The van der Waals surface area contributed by atoms with Gasteiger partial charge in [-0.1, -0.05) is 0 Å². The smallest absolute Gasteiger partial charge is 0.321 e. The lowest BCUT2D eigenvalue weighted by Crippen LogP contribution is -2.43. The number of likely N-dealkylation sites (N-methyl/N-ethyl adjacent to an activating group) is 1. The monoisotopic (exact) mass is 357 g/mol. The number of carbonyl (C=O) groups excluding carboxylic acids is 1. The van der Waals surface area contributed by atoms with Gasteiger partial charge >= 0.3 is 6.03 Å². The third-order valence-electron chi connectivity index (χ3n) is 4.49. The molecule has 1 aromatic carbocycles. The molecular formula is C20H27N3O3. The summed E-state index contributed by atoms with van der Waals surface area (Å²) in [6.07, 6.45) is 3.88. The van der Waals surface area contributed by atoms with Crippen LogP contribution in [0.1, 0.15) is 12.8 Å². The van der Waals surface area contributed by atoms with Crippen molar-refractivity contribution in [2.75, 3.05) is 45.7 Å². The van der Waals surface area contributed by atoms with Crippen molar-refractivity contribution in [1.29, 1.82) is 0 Å². The first-order chi connectivity index (χ1) is 12.6. The molecule has 1 fully saturated rings. The average Bonchev–Trinajstić information content (AvgIpc) is 3.33. The molecule has 0 bridgehead atoms. The number of nitrogens with zero attached hydrogens (tertiary/aromatic N) is 2. The highest BCUT2D eigenvalue weighted by Gasteiger charge is 2.22. The second kappa shape index (κ2) is 8.87. The first kappa shape index (κ1) is 18.5. The zero-order valence-electron chi connectivity index (χ0n) is 15.5.